The lowest BCUT2D eigenvalue weighted by molar-refractivity contribution is -0.119. The summed E-state index contributed by atoms with van der Waals surface area (Å²) in [6, 6.07) is -0.459. The van der Waals surface area contributed by atoms with Gasteiger partial charge in [-0.1, -0.05) is 0 Å². The molecule has 1 aliphatic heterocycles. The van der Waals surface area contributed by atoms with Gasteiger partial charge in [-0.05, 0) is 19.8 Å². The van der Waals surface area contributed by atoms with Crippen LogP contribution < -0.4 is 10.6 Å². The molecule has 0 radical (unpaired) electrons. The molecule has 5 nitrogen and oxygen atoms in total. The molecule has 3 amide bonds. The number of hydrogen-bond acceptors (Lipinski definition) is 3. The van der Waals surface area contributed by atoms with Crippen molar-refractivity contribution in [2.45, 2.75) is 31.7 Å². The Kier molecular flexibility index (Phi) is 5.02. The highest BCUT2D eigenvalue weighted by Gasteiger charge is 2.29. The van der Waals surface area contributed by atoms with E-state index in [2.05, 4.69) is 10.6 Å². The molecule has 1 heterocycles. The number of halogens is 1. The summed E-state index contributed by atoms with van der Waals surface area (Å²) < 4.78 is 5.21. The molecule has 1 fully saturated rings. The Hall–Kier alpha value is -0.810. The Bertz CT molecular complexity index is 265. The van der Waals surface area contributed by atoms with Crippen LogP contribution in [0, 0.1) is 0 Å². The molecule has 6 heteroatoms. The van der Waals surface area contributed by atoms with Crippen LogP contribution in [0.1, 0.15) is 26.2 Å². The highest BCUT2D eigenvalue weighted by atomic mass is 35.5. The number of ether oxygens (including phenoxy) is 1. The van der Waals surface area contributed by atoms with Crippen molar-refractivity contribution >= 4 is 23.5 Å². The summed E-state index contributed by atoms with van der Waals surface area (Å²) in [6.07, 6.45) is 1.66. The first-order valence-electron chi connectivity index (χ1n) is 5.31. The van der Waals surface area contributed by atoms with Crippen LogP contribution in [0.15, 0.2) is 0 Å². The smallest absolute Gasteiger partial charge is 0.321 e. The summed E-state index contributed by atoms with van der Waals surface area (Å²) in [5, 5.41) is 5.03. The fourth-order valence-corrected chi connectivity index (χ4v) is 1.70. The van der Waals surface area contributed by atoms with E-state index in [0.29, 0.717) is 13.2 Å². The van der Waals surface area contributed by atoms with E-state index in [0.717, 1.165) is 12.8 Å². The van der Waals surface area contributed by atoms with Crippen molar-refractivity contribution in [2.24, 2.45) is 0 Å². The van der Waals surface area contributed by atoms with E-state index in [9.17, 15) is 9.59 Å². The van der Waals surface area contributed by atoms with Gasteiger partial charge in [0.1, 0.15) is 0 Å². The maximum Gasteiger partial charge on any atom is 0.321 e. The number of amides is 3. The molecule has 0 bridgehead atoms. The van der Waals surface area contributed by atoms with Crippen molar-refractivity contribution in [3.8, 4) is 0 Å². The standard InChI is InChI=1S/C10H17ClN2O3/c1-10(3-6-16-7-4-10)13-9(15)12-8(14)2-5-11/h2-7H2,1H3,(H2,12,13,14,15). The van der Waals surface area contributed by atoms with E-state index in [4.69, 9.17) is 16.3 Å². The number of carbonyl (C=O) groups excluding carboxylic acids is 2. The average molecular weight is 249 g/mol. The van der Waals surface area contributed by atoms with Crippen LogP contribution in [0.3, 0.4) is 0 Å². The van der Waals surface area contributed by atoms with Gasteiger partial charge in [-0.15, -0.1) is 11.6 Å². The predicted molar refractivity (Wildman–Crippen MR) is 60.5 cm³/mol. The molecule has 0 saturated carbocycles. The van der Waals surface area contributed by atoms with Gasteiger partial charge in [0.25, 0.3) is 0 Å². The Labute approximate surface area is 99.9 Å². The minimum Gasteiger partial charge on any atom is -0.381 e. The summed E-state index contributed by atoms with van der Waals surface area (Å²) >= 11 is 5.39. The van der Waals surface area contributed by atoms with Gasteiger partial charge in [-0.2, -0.15) is 0 Å². The summed E-state index contributed by atoms with van der Waals surface area (Å²) in [5.41, 5.74) is -0.288. The monoisotopic (exact) mass is 248 g/mol. The zero-order valence-electron chi connectivity index (χ0n) is 9.35. The van der Waals surface area contributed by atoms with Gasteiger partial charge >= 0.3 is 6.03 Å². The minimum atomic E-state index is -0.459. The molecule has 0 aromatic heterocycles. The Balaban J connectivity index is 2.35. The number of carbonyl (C=O) groups is 2. The maximum atomic E-state index is 11.5. The minimum absolute atomic E-state index is 0.148. The summed E-state index contributed by atoms with van der Waals surface area (Å²) in [7, 11) is 0. The molecule has 2 N–H and O–H groups in total. The molecule has 1 saturated heterocycles. The third-order valence-corrected chi connectivity index (χ3v) is 2.78. The van der Waals surface area contributed by atoms with Crippen LogP contribution in [0.4, 0.5) is 4.79 Å². The molecule has 0 unspecified atom stereocenters. The van der Waals surface area contributed by atoms with Crippen LogP contribution >= 0.6 is 11.6 Å². The quantitative estimate of drug-likeness (QED) is 0.733. The van der Waals surface area contributed by atoms with Crippen molar-refractivity contribution in [2.75, 3.05) is 19.1 Å². The number of rotatable bonds is 3. The lowest BCUT2D eigenvalue weighted by Crippen LogP contribution is -2.53. The first-order valence-corrected chi connectivity index (χ1v) is 5.85. The topological polar surface area (TPSA) is 67.4 Å². The molecule has 0 aromatic carbocycles. The van der Waals surface area contributed by atoms with Crippen molar-refractivity contribution in [3.05, 3.63) is 0 Å². The lowest BCUT2D eigenvalue weighted by atomic mass is 9.93. The van der Waals surface area contributed by atoms with Crippen LogP contribution in [0.2, 0.25) is 0 Å². The third-order valence-electron chi connectivity index (χ3n) is 2.59. The van der Waals surface area contributed by atoms with E-state index in [1.165, 1.54) is 0 Å². The SMILES string of the molecule is CC1(NC(=O)NC(=O)CCCl)CCOCC1. The largest absolute Gasteiger partial charge is 0.381 e. The molecular weight excluding hydrogens is 232 g/mol. The maximum absolute atomic E-state index is 11.5. The lowest BCUT2D eigenvalue weighted by Gasteiger charge is -2.34. The summed E-state index contributed by atoms with van der Waals surface area (Å²) in [4.78, 5) is 22.6. The van der Waals surface area contributed by atoms with Gasteiger partial charge in [0, 0.05) is 31.1 Å². The molecule has 92 valence electrons. The van der Waals surface area contributed by atoms with E-state index in [1.54, 1.807) is 0 Å². The zero-order valence-corrected chi connectivity index (χ0v) is 10.1. The zero-order chi connectivity index (χ0) is 12.0. The predicted octanol–water partition coefficient (Wildman–Crippen LogP) is 1.01. The van der Waals surface area contributed by atoms with Crippen molar-refractivity contribution in [1.29, 1.82) is 0 Å². The van der Waals surface area contributed by atoms with Crippen molar-refractivity contribution < 1.29 is 14.3 Å². The second-order valence-electron chi connectivity index (χ2n) is 4.11. The van der Waals surface area contributed by atoms with Crippen LogP contribution in [-0.4, -0.2) is 36.6 Å². The first kappa shape index (κ1) is 13.3. The molecule has 0 spiro atoms. The van der Waals surface area contributed by atoms with Gasteiger partial charge in [0.05, 0.1) is 0 Å². The second kappa shape index (κ2) is 6.06. The summed E-state index contributed by atoms with van der Waals surface area (Å²) in [5.74, 6) is -0.146. The van der Waals surface area contributed by atoms with E-state index in [-0.39, 0.29) is 23.7 Å². The van der Waals surface area contributed by atoms with E-state index in [1.807, 2.05) is 6.92 Å². The van der Waals surface area contributed by atoms with Crippen LogP contribution in [-0.2, 0) is 9.53 Å². The van der Waals surface area contributed by atoms with Gasteiger partial charge in [-0.25, -0.2) is 4.79 Å². The Morgan fingerprint density at radius 1 is 1.38 bits per heavy atom. The van der Waals surface area contributed by atoms with E-state index >= 15 is 0 Å². The number of urea groups is 1. The molecule has 1 rings (SSSR count). The highest BCUT2D eigenvalue weighted by Crippen LogP contribution is 2.19. The first-order chi connectivity index (χ1) is 7.56. The average Bonchev–Trinajstić information content (AvgIpc) is 2.17. The van der Waals surface area contributed by atoms with E-state index < -0.39 is 6.03 Å². The van der Waals surface area contributed by atoms with Crippen LogP contribution in [0.5, 0.6) is 0 Å². The number of imide groups is 1. The number of alkyl halides is 1. The normalized spacial score (nSPS) is 18.9. The number of nitrogens with one attached hydrogen (secondary N) is 2. The Morgan fingerprint density at radius 3 is 2.56 bits per heavy atom. The summed E-state index contributed by atoms with van der Waals surface area (Å²) in [6.45, 7) is 3.21. The molecule has 1 aliphatic rings. The fraction of sp³-hybridized carbons (Fsp3) is 0.800. The number of hydrogen-bond donors (Lipinski definition) is 2. The molecular formula is C10H17ClN2O3. The van der Waals surface area contributed by atoms with Gasteiger partial charge < -0.3 is 10.1 Å². The van der Waals surface area contributed by atoms with Gasteiger partial charge in [-0.3, -0.25) is 10.1 Å². The second-order valence-corrected chi connectivity index (χ2v) is 4.49. The third kappa shape index (κ3) is 4.37. The fourth-order valence-electron chi connectivity index (χ4n) is 1.53. The van der Waals surface area contributed by atoms with Crippen molar-refractivity contribution in [1.82, 2.24) is 10.6 Å². The van der Waals surface area contributed by atoms with Crippen LogP contribution in [0.25, 0.3) is 0 Å². The van der Waals surface area contributed by atoms with Gasteiger partial charge in [0.2, 0.25) is 5.91 Å². The van der Waals surface area contributed by atoms with Crippen molar-refractivity contribution in [3.63, 3.8) is 0 Å². The molecule has 0 aliphatic carbocycles. The molecule has 0 atom stereocenters. The molecule has 16 heavy (non-hydrogen) atoms. The van der Waals surface area contributed by atoms with Gasteiger partial charge in [0.15, 0.2) is 0 Å². The molecule has 0 aromatic rings. The Morgan fingerprint density at radius 2 is 2.00 bits per heavy atom. The highest BCUT2D eigenvalue weighted by molar-refractivity contribution is 6.19.